The van der Waals surface area contributed by atoms with Gasteiger partial charge in [0, 0.05) is 25.3 Å². The van der Waals surface area contributed by atoms with Crippen molar-refractivity contribution in [3.63, 3.8) is 0 Å². The summed E-state index contributed by atoms with van der Waals surface area (Å²) in [5, 5.41) is 13.6. The molecule has 1 heterocycles. The monoisotopic (exact) mass is 265 g/mol. The molecule has 0 spiro atoms. The number of aromatic nitrogens is 2. The lowest BCUT2D eigenvalue weighted by Gasteiger charge is -2.10. The van der Waals surface area contributed by atoms with Gasteiger partial charge < -0.3 is 10.6 Å². The predicted octanol–water partition coefficient (Wildman–Crippen LogP) is 2.01. The number of nitrogens with zero attached hydrogens (tertiary/aromatic N) is 2. The fraction of sp³-hybridized carbons (Fsp3) is 0.714. The fourth-order valence-corrected chi connectivity index (χ4v) is 1.81. The lowest BCUT2D eigenvalue weighted by molar-refractivity contribution is 0.725. The molecule has 5 heteroatoms. The molecule has 5 nitrogen and oxygen atoms in total. The standard InChI is InChI=1S/C14H27N5/c1-4-6-9-16-14(15-5-2)17-10-7-8-13-11-18-19-12(13)3/h11H,4-10H2,1-3H3,(H,18,19)(H2,15,16,17). The van der Waals surface area contributed by atoms with Crippen LogP contribution in [0.1, 0.15) is 44.4 Å². The second-order valence-corrected chi connectivity index (χ2v) is 4.66. The molecular formula is C14H27N5. The maximum absolute atomic E-state index is 4.58. The molecule has 0 aromatic carbocycles. The van der Waals surface area contributed by atoms with Gasteiger partial charge in [-0.25, -0.2) is 0 Å². The van der Waals surface area contributed by atoms with Gasteiger partial charge in [0.15, 0.2) is 5.96 Å². The van der Waals surface area contributed by atoms with Crippen molar-refractivity contribution in [2.24, 2.45) is 4.99 Å². The summed E-state index contributed by atoms with van der Waals surface area (Å²) < 4.78 is 0. The molecule has 3 N–H and O–H groups in total. The minimum atomic E-state index is 0.839. The maximum atomic E-state index is 4.58. The molecule has 0 bridgehead atoms. The van der Waals surface area contributed by atoms with Gasteiger partial charge in [0.2, 0.25) is 0 Å². The predicted molar refractivity (Wildman–Crippen MR) is 80.5 cm³/mol. The molecule has 1 rings (SSSR count). The van der Waals surface area contributed by atoms with Gasteiger partial charge in [0.25, 0.3) is 0 Å². The van der Waals surface area contributed by atoms with E-state index < -0.39 is 0 Å². The molecule has 1 aromatic rings. The van der Waals surface area contributed by atoms with Crippen molar-refractivity contribution in [3.8, 4) is 0 Å². The molecule has 0 aliphatic heterocycles. The second kappa shape index (κ2) is 9.42. The normalized spacial score (nSPS) is 11.6. The number of hydrogen-bond donors (Lipinski definition) is 3. The highest BCUT2D eigenvalue weighted by molar-refractivity contribution is 5.79. The van der Waals surface area contributed by atoms with Crippen LogP contribution in [0.2, 0.25) is 0 Å². The van der Waals surface area contributed by atoms with Crippen molar-refractivity contribution in [1.29, 1.82) is 0 Å². The third-order valence-corrected chi connectivity index (χ3v) is 2.98. The van der Waals surface area contributed by atoms with E-state index in [9.17, 15) is 0 Å². The van der Waals surface area contributed by atoms with E-state index in [1.54, 1.807) is 0 Å². The molecule has 0 amide bonds. The number of hydrogen-bond acceptors (Lipinski definition) is 2. The summed E-state index contributed by atoms with van der Waals surface area (Å²) in [4.78, 5) is 4.58. The van der Waals surface area contributed by atoms with Gasteiger partial charge in [0.05, 0.1) is 6.20 Å². The first kappa shape index (κ1) is 15.5. The van der Waals surface area contributed by atoms with E-state index in [2.05, 4.69) is 46.6 Å². The number of rotatable bonds is 8. The molecular weight excluding hydrogens is 238 g/mol. The minimum Gasteiger partial charge on any atom is -0.357 e. The van der Waals surface area contributed by atoms with Crippen LogP contribution >= 0.6 is 0 Å². The van der Waals surface area contributed by atoms with Crippen LogP contribution in [0.5, 0.6) is 0 Å². The number of unbranched alkanes of at least 4 members (excludes halogenated alkanes) is 1. The van der Waals surface area contributed by atoms with Gasteiger partial charge in [-0.2, -0.15) is 5.10 Å². The largest absolute Gasteiger partial charge is 0.357 e. The van der Waals surface area contributed by atoms with E-state index in [4.69, 9.17) is 0 Å². The Bertz CT molecular complexity index is 370. The number of guanidine groups is 1. The van der Waals surface area contributed by atoms with Crippen LogP contribution in [0, 0.1) is 6.92 Å². The summed E-state index contributed by atoms with van der Waals surface area (Å²) >= 11 is 0. The first-order chi connectivity index (χ1) is 9.27. The molecule has 0 unspecified atom stereocenters. The smallest absolute Gasteiger partial charge is 0.191 e. The van der Waals surface area contributed by atoms with Gasteiger partial charge in [-0.3, -0.25) is 10.1 Å². The van der Waals surface area contributed by atoms with Gasteiger partial charge >= 0.3 is 0 Å². The van der Waals surface area contributed by atoms with Gasteiger partial charge in [-0.05, 0) is 38.7 Å². The van der Waals surface area contributed by atoms with Crippen LogP contribution < -0.4 is 10.6 Å². The number of aryl methyl sites for hydroxylation is 2. The van der Waals surface area contributed by atoms with Crippen molar-refractivity contribution in [2.45, 2.75) is 46.5 Å². The Balaban J connectivity index is 2.28. The summed E-state index contributed by atoms with van der Waals surface area (Å²) in [7, 11) is 0. The number of H-pyrrole nitrogens is 1. The molecule has 0 radical (unpaired) electrons. The highest BCUT2D eigenvalue weighted by atomic mass is 15.2. The fourth-order valence-electron chi connectivity index (χ4n) is 1.81. The second-order valence-electron chi connectivity index (χ2n) is 4.66. The van der Waals surface area contributed by atoms with Gasteiger partial charge in [-0.15, -0.1) is 0 Å². The Morgan fingerprint density at radius 1 is 1.32 bits per heavy atom. The number of nitrogens with one attached hydrogen (secondary N) is 3. The Morgan fingerprint density at radius 3 is 2.79 bits per heavy atom. The summed E-state index contributed by atoms with van der Waals surface area (Å²) in [6.07, 6.45) is 6.36. The average Bonchev–Trinajstić information content (AvgIpc) is 2.80. The SMILES string of the molecule is CCCCNC(=NCCCc1cn[nH]c1C)NCC. The first-order valence-electron chi connectivity index (χ1n) is 7.29. The molecule has 0 aliphatic carbocycles. The zero-order valence-corrected chi connectivity index (χ0v) is 12.4. The Kier molecular flexibility index (Phi) is 7.70. The van der Waals surface area contributed by atoms with Crippen molar-refractivity contribution >= 4 is 5.96 Å². The number of aromatic amines is 1. The maximum Gasteiger partial charge on any atom is 0.191 e. The molecule has 108 valence electrons. The Labute approximate surface area is 116 Å². The quantitative estimate of drug-likeness (QED) is 0.383. The zero-order valence-electron chi connectivity index (χ0n) is 12.4. The highest BCUT2D eigenvalue weighted by Crippen LogP contribution is 2.05. The third-order valence-electron chi connectivity index (χ3n) is 2.98. The average molecular weight is 265 g/mol. The zero-order chi connectivity index (χ0) is 13.9. The summed E-state index contributed by atoms with van der Waals surface area (Å²) in [5.74, 6) is 0.930. The van der Waals surface area contributed by atoms with Crippen molar-refractivity contribution in [3.05, 3.63) is 17.5 Å². The molecule has 1 aromatic heterocycles. The molecule has 19 heavy (non-hydrogen) atoms. The summed E-state index contributed by atoms with van der Waals surface area (Å²) in [6.45, 7) is 9.07. The lowest BCUT2D eigenvalue weighted by Crippen LogP contribution is -2.37. The Morgan fingerprint density at radius 2 is 2.16 bits per heavy atom. The van der Waals surface area contributed by atoms with Crippen LogP contribution in [0.4, 0.5) is 0 Å². The summed E-state index contributed by atoms with van der Waals surface area (Å²) in [6, 6.07) is 0. The van der Waals surface area contributed by atoms with Crippen LogP contribution in [-0.2, 0) is 6.42 Å². The highest BCUT2D eigenvalue weighted by Gasteiger charge is 2.00. The van der Waals surface area contributed by atoms with E-state index in [1.807, 2.05) is 6.20 Å². The minimum absolute atomic E-state index is 0.839. The van der Waals surface area contributed by atoms with E-state index in [0.29, 0.717) is 0 Å². The molecule has 0 atom stereocenters. The van der Waals surface area contributed by atoms with E-state index in [-0.39, 0.29) is 0 Å². The Hall–Kier alpha value is -1.52. The van der Waals surface area contributed by atoms with E-state index >= 15 is 0 Å². The van der Waals surface area contributed by atoms with Crippen molar-refractivity contribution in [1.82, 2.24) is 20.8 Å². The molecule has 0 saturated heterocycles. The van der Waals surface area contributed by atoms with Crippen molar-refractivity contribution < 1.29 is 0 Å². The third kappa shape index (κ3) is 6.27. The van der Waals surface area contributed by atoms with Crippen LogP contribution in [0.25, 0.3) is 0 Å². The number of aliphatic imine (C=N–C) groups is 1. The van der Waals surface area contributed by atoms with Crippen LogP contribution in [0.3, 0.4) is 0 Å². The van der Waals surface area contributed by atoms with Gasteiger partial charge in [0.1, 0.15) is 0 Å². The van der Waals surface area contributed by atoms with E-state index in [0.717, 1.165) is 44.1 Å². The van der Waals surface area contributed by atoms with Crippen LogP contribution in [-0.4, -0.2) is 35.8 Å². The van der Waals surface area contributed by atoms with Crippen molar-refractivity contribution in [2.75, 3.05) is 19.6 Å². The van der Waals surface area contributed by atoms with Crippen LogP contribution in [0.15, 0.2) is 11.2 Å². The van der Waals surface area contributed by atoms with E-state index in [1.165, 1.54) is 18.4 Å². The summed E-state index contributed by atoms with van der Waals surface area (Å²) in [5.41, 5.74) is 2.45. The molecule has 0 saturated carbocycles. The molecule has 0 fully saturated rings. The topological polar surface area (TPSA) is 65.1 Å². The lowest BCUT2D eigenvalue weighted by atomic mass is 10.1. The first-order valence-corrected chi connectivity index (χ1v) is 7.29. The van der Waals surface area contributed by atoms with Gasteiger partial charge in [-0.1, -0.05) is 13.3 Å². The molecule has 0 aliphatic rings.